The molecule has 0 fully saturated rings. The van der Waals surface area contributed by atoms with E-state index in [0.717, 1.165) is 43.4 Å². The first-order valence-electron chi connectivity index (χ1n) is 7.31. The summed E-state index contributed by atoms with van der Waals surface area (Å²) in [5.74, 6) is 1.64. The third-order valence-electron chi connectivity index (χ3n) is 3.48. The average Bonchev–Trinajstić information content (AvgIpc) is 2.52. The Morgan fingerprint density at radius 3 is 2.57 bits per heavy atom. The van der Waals surface area contributed by atoms with Crippen molar-refractivity contribution in [2.45, 2.75) is 13.0 Å². The predicted octanol–water partition coefficient (Wildman–Crippen LogP) is 1.93. The summed E-state index contributed by atoms with van der Waals surface area (Å²) in [6.45, 7) is 5.31. The molecule has 0 aliphatic carbocycles. The zero-order chi connectivity index (χ0) is 15.7. The maximum Gasteiger partial charge on any atom is 0.127 e. The van der Waals surface area contributed by atoms with E-state index in [1.807, 2.05) is 26.1 Å². The Morgan fingerprint density at radius 1 is 1.24 bits per heavy atom. The molecule has 0 amide bonds. The fraction of sp³-hybridized carbons (Fsp3) is 0.625. The number of benzene rings is 1. The van der Waals surface area contributed by atoms with Crippen LogP contribution in [0.25, 0.3) is 0 Å². The van der Waals surface area contributed by atoms with E-state index in [1.54, 1.807) is 14.2 Å². The van der Waals surface area contributed by atoms with E-state index >= 15 is 0 Å². The van der Waals surface area contributed by atoms with Gasteiger partial charge < -0.3 is 24.4 Å². The minimum absolute atomic E-state index is 0.192. The Hall–Kier alpha value is -1.30. The maximum atomic E-state index is 5.49. The zero-order valence-electron chi connectivity index (χ0n) is 13.8. The number of likely N-dealkylation sites (N-methyl/N-ethyl adjacent to an activating group) is 2. The Bertz CT molecular complexity index is 413. The molecule has 5 heteroatoms. The Labute approximate surface area is 128 Å². The number of nitrogens with one attached hydrogen (secondary N) is 1. The molecule has 0 aliphatic rings. The van der Waals surface area contributed by atoms with Crippen LogP contribution in [0.2, 0.25) is 0 Å². The highest BCUT2D eigenvalue weighted by Gasteiger charge is 2.17. The lowest BCUT2D eigenvalue weighted by molar-refractivity contribution is 0.119. The second-order valence-electron chi connectivity index (χ2n) is 4.91. The van der Waals surface area contributed by atoms with Gasteiger partial charge in [0.15, 0.2) is 0 Å². The van der Waals surface area contributed by atoms with Crippen molar-refractivity contribution in [2.75, 3.05) is 54.6 Å². The van der Waals surface area contributed by atoms with Crippen molar-refractivity contribution in [3.05, 3.63) is 23.8 Å². The van der Waals surface area contributed by atoms with E-state index in [-0.39, 0.29) is 6.04 Å². The van der Waals surface area contributed by atoms with Gasteiger partial charge in [-0.05, 0) is 27.1 Å². The second kappa shape index (κ2) is 9.60. The SMILES string of the molecule is CCOCCN(C)CC(NC)c1ccc(OC)cc1OC. The van der Waals surface area contributed by atoms with Gasteiger partial charge in [-0.3, -0.25) is 0 Å². The van der Waals surface area contributed by atoms with Crippen molar-refractivity contribution in [2.24, 2.45) is 0 Å². The van der Waals surface area contributed by atoms with Crippen LogP contribution in [-0.4, -0.2) is 59.5 Å². The summed E-state index contributed by atoms with van der Waals surface area (Å²) in [4.78, 5) is 2.25. The highest BCUT2D eigenvalue weighted by Crippen LogP contribution is 2.29. The Balaban J connectivity index is 2.75. The van der Waals surface area contributed by atoms with Crippen LogP contribution < -0.4 is 14.8 Å². The van der Waals surface area contributed by atoms with Gasteiger partial charge in [-0.15, -0.1) is 0 Å². The van der Waals surface area contributed by atoms with Crippen molar-refractivity contribution in [1.29, 1.82) is 0 Å². The van der Waals surface area contributed by atoms with Gasteiger partial charge in [0.1, 0.15) is 11.5 Å². The fourth-order valence-electron chi connectivity index (χ4n) is 2.22. The lowest BCUT2D eigenvalue weighted by atomic mass is 10.0. The predicted molar refractivity (Wildman–Crippen MR) is 85.3 cm³/mol. The van der Waals surface area contributed by atoms with Gasteiger partial charge in [-0.25, -0.2) is 0 Å². The summed E-state index contributed by atoms with van der Waals surface area (Å²) < 4.78 is 16.1. The van der Waals surface area contributed by atoms with E-state index in [2.05, 4.69) is 23.3 Å². The number of rotatable bonds is 10. The molecule has 0 bridgehead atoms. The highest BCUT2D eigenvalue weighted by molar-refractivity contribution is 5.42. The molecule has 1 rings (SSSR count). The molecule has 1 aromatic carbocycles. The third-order valence-corrected chi connectivity index (χ3v) is 3.48. The largest absolute Gasteiger partial charge is 0.497 e. The van der Waals surface area contributed by atoms with E-state index in [4.69, 9.17) is 14.2 Å². The summed E-state index contributed by atoms with van der Waals surface area (Å²) in [5.41, 5.74) is 1.13. The summed E-state index contributed by atoms with van der Waals surface area (Å²) >= 11 is 0. The minimum atomic E-state index is 0.192. The number of hydrogen-bond donors (Lipinski definition) is 1. The first kappa shape index (κ1) is 17.8. The quantitative estimate of drug-likeness (QED) is 0.668. The molecule has 21 heavy (non-hydrogen) atoms. The molecule has 0 aliphatic heterocycles. The maximum absolute atomic E-state index is 5.49. The minimum Gasteiger partial charge on any atom is -0.497 e. The molecular formula is C16H28N2O3. The number of nitrogens with zero attached hydrogens (tertiary/aromatic N) is 1. The van der Waals surface area contributed by atoms with Crippen molar-refractivity contribution < 1.29 is 14.2 Å². The summed E-state index contributed by atoms with van der Waals surface area (Å²) in [6, 6.07) is 6.12. The highest BCUT2D eigenvalue weighted by atomic mass is 16.5. The first-order chi connectivity index (χ1) is 10.2. The molecule has 1 aromatic rings. The third kappa shape index (κ3) is 5.53. The van der Waals surface area contributed by atoms with Crippen LogP contribution in [0.4, 0.5) is 0 Å². The van der Waals surface area contributed by atoms with Crippen molar-refractivity contribution in [3.8, 4) is 11.5 Å². The van der Waals surface area contributed by atoms with Crippen LogP contribution >= 0.6 is 0 Å². The van der Waals surface area contributed by atoms with Gasteiger partial charge in [0, 0.05) is 37.4 Å². The molecule has 0 radical (unpaired) electrons. The molecule has 0 saturated heterocycles. The van der Waals surface area contributed by atoms with Crippen LogP contribution in [0.3, 0.4) is 0 Å². The lowest BCUT2D eigenvalue weighted by Gasteiger charge is -2.25. The van der Waals surface area contributed by atoms with E-state index in [1.165, 1.54) is 0 Å². The van der Waals surface area contributed by atoms with Gasteiger partial charge in [0.25, 0.3) is 0 Å². The molecule has 0 saturated carbocycles. The molecule has 1 atom stereocenters. The van der Waals surface area contributed by atoms with Crippen LogP contribution in [-0.2, 0) is 4.74 Å². The normalized spacial score (nSPS) is 12.5. The Morgan fingerprint density at radius 2 is 2.00 bits per heavy atom. The number of hydrogen-bond acceptors (Lipinski definition) is 5. The molecule has 5 nitrogen and oxygen atoms in total. The summed E-state index contributed by atoms with van der Waals surface area (Å²) in [5, 5.41) is 3.35. The van der Waals surface area contributed by atoms with Crippen LogP contribution in [0, 0.1) is 0 Å². The summed E-state index contributed by atoms with van der Waals surface area (Å²) in [7, 11) is 7.40. The molecule has 0 aromatic heterocycles. The van der Waals surface area contributed by atoms with Crippen molar-refractivity contribution in [1.82, 2.24) is 10.2 Å². The molecular weight excluding hydrogens is 268 g/mol. The van der Waals surface area contributed by atoms with Crippen LogP contribution in [0.1, 0.15) is 18.5 Å². The molecule has 0 heterocycles. The van der Waals surface area contributed by atoms with E-state index in [0.29, 0.717) is 0 Å². The van der Waals surface area contributed by atoms with Gasteiger partial charge in [-0.1, -0.05) is 6.07 Å². The van der Waals surface area contributed by atoms with E-state index in [9.17, 15) is 0 Å². The smallest absolute Gasteiger partial charge is 0.127 e. The first-order valence-corrected chi connectivity index (χ1v) is 7.31. The van der Waals surface area contributed by atoms with Crippen LogP contribution in [0.5, 0.6) is 11.5 Å². The monoisotopic (exact) mass is 296 g/mol. The van der Waals surface area contributed by atoms with Gasteiger partial charge >= 0.3 is 0 Å². The standard InChI is InChI=1S/C16H28N2O3/c1-6-21-10-9-18(3)12-15(17-2)14-8-7-13(19-4)11-16(14)20-5/h7-8,11,15,17H,6,9-10,12H2,1-5H3. The second-order valence-corrected chi connectivity index (χ2v) is 4.91. The Kier molecular flexibility index (Phi) is 8.12. The average molecular weight is 296 g/mol. The van der Waals surface area contributed by atoms with Gasteiger partial charge in [0.05, 0.1) is 20.8 Å². The molecule has 1 N–H and O–H groups in total. The molecule has 0 spiro atoms. The number of methoxy groups -OCH3 is 2. The summed E-state index contributed by atoms with van der Waals surface area (Å²) in [6.07, 6.45) is 0. The topological polar surface area (TPSA) is 43.0 Å². The molecule has 120 valence electrons. The van der Waals surface area contributed by atoms with Gasteiger partial charge in [-0.2, -0.15) is 0 Å². The van der Waals surface area contributed by atoms with Crippen molar-refractivity contribution in [3.63, 3.8) is 0 Å². The lowest BCUT2D eigenvalue weighted by Crippen LogP contribution is -2.33. The zero-order valence-corrected chi connectivity index (χ0v) is 13.8. The van der Waals surface area contributed by atoms with Crippen molar-refractivity contribution >= 4 is 0 Å². The number of ether oxygens (including phenoxy) is 3. The van der Waals surface area contributed by atoms with E-state index < -0.39 is 0 Å². The molecule has 1 unspecified atom stereocenters. The van der Waals surface area contributed by atoms with Crippen LogP contribution in [0.15, 0.2) is 18.2 Å². The fourth-order valence-corrected chi connectivity index (χ4v) is 2.22. The van der Waals surface area contributed by atoms with Gasteiger partial charge in [0.2, 0.25) is 0 Å².